The second-order valence-electron chi connectivity index (χ2n) is 6.46. The molecule has 0 fully saturated rings. The first-order valence-electron chi connectivity index (χ1n) is 9.70. The molecule has 0 aliphatic carbocycles. The first-order chi connectivity index (χ1) is 15.5. The zero-order chi connectivity index (χ0) is 23.5. The molecule has 2 rings (SSSR count). The molecule has 9 heteroatoms. The minimum atomic E-state index is -0.898. The highest BCUT2D eigenvalue weighted by Crippen LogP contribution is 2.41. The van der Waals surface area contributed by atoms with Crippen LogP contribution in [0.25, 0.3) is 10.8 Å². The molecule has 0 radical (unpaired) electrons. The number of benzene rings is 2. The van der Waals surface area contributed by atoms with Gasteiger partial charge in [-0.1, -0.05) is 37.4 Å². The topological polar surface area (TPSA) is 121 Å². The van der Waals surface area contributed by atoms with Crippen LogP contribution in [0.5, 0.6) is 17.2 Å². The van der Waals surface area contributed by atoms with Crippen molar-refractivity contribution in [3.8, 4) is 17.2 Å². The molecule has 2 N–H and O–H groups in total. The lowest BCUT2D eigenvalue weighted by Crippen LogP contribution is -2.28. The number of carbonyl (C=O) groups is 2. The maximum Gasteiger partial charge on any atom is 0.330 e. The molecule has 9 nitrogen and oxygen atoms in total. The number of hydrogen-bond donors (Lipinski definition) is 2. The van der Waals surface area contributed by atoms with Gasteiger partial charge in [0.05, 0.1) is 20.3 Å². The number of fused-ring (bicyclic) bond motifs is 1. The number of aliphatic hydroxyl groups is 2. The summed E-state index contributed by atoms with van der Waals surface area (Å²) in [5, 5.41) is 20.2. The predicted octanol–water partition coefficient (Wildman–Crippen LogP) is 1.79. The highest BCUT2D eigenvalue weighted by atomic mass is 16.6. The fourth-order valence-electron chi connectivity index (χ4n) is 2.74. The molecule has 0 aromatic heterocycles. The molecule has 0 amide bonds. The molecule has 0 saturated carbocycles. The number of hydrogen-bond acceptors (Lipinski definition) is 9. The van der Waals surface area contributed by atoms with Gasteiger partial charge in [0.2, 0.25) is 0 Å². The van der Waals surface area contributed by atoms with Gasteiger partial charge >= 0.3 is 11.9 Å². The van der Waals surface area contributed by atoms with Crippen molar-refractivity contribution in [3.63, 3.8) is 0 Å². The molecule has 32 heavy (non-hydrogen) atoms. The lowest BCUT2D eigenvalue weighted by Gasteiger charge is -2.21. The minimum absolute atomic E-state index is 0.104. The Labute approximate surface area is 185 Å². The quantitative estimate of drug-likeness (QED) is 0.350. The van der Waals surface area contributed by atoms with E-state index >= 15 is 0 Å². The summed E-state index contributed by atoms with van der Waals surface area (Å²) < 4.78 is 27.1. The van der Waals surface area contributed by atoms with E-state index < -0.39 is 37.4 Å². The molecule has 0 bridgehead atoms. The van der Waals surface area contributed by atoms with E-state index in [1.54, 1.807) is 30.3 Å². The summed E-state index contributed by atoms with van der Waals surface area (Å²) in [5.41, 5.74) is 0. The van der Waals surface area contributed by atoms with Crippen LogP contribution in [-0.2, 0) is 19.1 Å². The van der Waals surface area contributed by atoms with Gasteiger partial charge in [0.1, 0.15) is 19.0 Å². The van der Waals surface area contributed by atoms with Crippen molar-refractivity contribution in [1.29, 1.82) is 0 Å². The molecule has 2 aromatic carbocycles. The summed E-state index contributed by atoms with van der Waals surface area (Å²) >= 11 is 0. The van der Waals surface area contributed by atoms with Gasteiger partial charge in [-0.2, -0.15) is 0 Å². The number of aliphatic hydroxyl groups excluding tert-OH is 2. The third-order valence-corrected chi connectivity index (χ3v) is 4.29. The van der Waals surface area contributed by atoms with Crippen LogP contribution < -0.4 is 14.2 Å². The van der Waals surface area contributed by atoms with E-state index in [4.69, 9.17) is 23.7 Å². The van der Waals surface area contributed by atoms with Crippen LogP contribution in [0.15, 0.2) is 55.6 Å². The Hall–Kier alpha value is -3.56. The van der Waals surface area contributed by atoms with E-state index in [1.165, 1.54) is 7.11 Å². The number of carbonyl (C=O) groups excluding carboxylic acids is 2. The molecule has 2 unspecified atom stereocenters. The van der Waals surface area contributed by atoms with Gasteiger partial charge in [-0.05, 0) is 0 Å². The van der Waals surface area contributed by atoms with Gasteiger partial charge in [0, 0.05) is 29.0 Å². The summed E-state index contributed by atoms with van der Waals surface area (Å²) in [6, 6.07) is 8.76. The number of esters is 2. The fourth-order valence-corrected chi connectivity index (χ4v) is 2.74. The van der Waals surface area contributed by atoms with Gasteiger partial charge in [0.25, 0.3) is 0 Å². The molecule has 0 heterocycles. The smallest absolute Gasteiger partial charge is 0.330 e. The van der Waals surface area contributed by atoms with Gasteiger partial charge in [-0.3, -0.25) is 0 Å². The van der Waals surface area contributed by atoms with Crippen LogP contribution in [0, 0.1) is 0 Å². The Balaban J connectivity index is 2.29. The fraction of sp³-hybridized carbons (Fsp3) is 0.304. The Kier molecular flexibility index (Phi) is 9.52. The zero-order valence-electron chi connectivity index (χ0n) is 17.7. The Morgan fingerprint density at radius 1 is 0.906 bits per heavy atom. The van der Waals surface area contributed by atoms with Gasteiger partial charge in [0.15, 0.2) is 23.7 Å². The van der Waals surface area contributed by atoms with E-state index in [0.29, 0.717) is 28.0 Å². The van der Waals surface area contributed by atoms with Gasteiger partial charge in [-0.15, -0.1) is 0 Å². The summed E-state index contributed by atoms with van der Waals surface area (Å²) in [5.74, 6) is -0.248. The molecule has 2 aromatic rings. The average Bonchev–Trinajstić information content (AvgIpc) is 2.83. The number of ether oxygens (including phenoxy) is 5. The summed E-state index contributed by atoms with van der Waals surface area (Å²) in [7, 11) is 1.45. The van der Waals surface area contributed by atoms with Crippen molar-refractivity contribution in [2.45, 2.75) is 12.2 Å². The largest absolute Gasteiger partial charge is 0.493 e. The molecular weight excluding hydrogens is 420 g/mol. The Morgan fingerprint density at radius 3 is 1.94 bits per heavy atom. The highest BCUT2D eigenvalue weighted by molar-refractivity contribution is 5.95. The van der Waals surface area contributed by atoms with Crippen molar-refractivity contribution < 1.29 is 43.5 Å². The number of rotatable bonds is 13. The monoisotopic (exact) mass is 446 g/mol. The molecule has 2 atom stereocenters. The highest BCUT2D eigenvalue weighted by Gasteiger charge is 2.20. The summed E-state index contributed by atoms with van der Waals surface area (Å²) in [4.78, 5) is 22.8. The van der Waals surface area contributed by atoms with Crippen molar-refractivity contribution in [2.75, 3.05) is 33.5 Å². The second-order valence-corrected chi connectivity index (χ2v) is 6.46. The predicted molar refractivity (Wildman–Crippen MR) is 116 cm³/mol. The molecule has 0 spiro atoms. The molecular formula is C23H26O9. The molecule has 0 saturated heterocycles. The normalized spacial score (nSPS) is 12.3. The van der Waals surface area contributed by atoms with Gasteiger partial charge < -0.3 is 33.9 Å². The lowest BCUT2D eigenvalue weighted by atomic mass is 10.1. The van der Waals surface area contributed by atoms with Crippen molar-refractivity contribution >= 4 is 22.7 Å². The molecule has 0 aliphatic heterocycles. The third kappa shape index (κ3) is 6.47. The standard InChI is InChI=1S/C23H26O9/c1-4-21(26)31-15(11-24)13-29-19-10-20(28-3)23(18-9-7-6-8-17(18)19)30-14-16(12-25)32-22(27)5-2/h4-10,15-16,24-25H,1-2,11-14H2,3H3. The van der Waals surface area contributed by atoms with Crippen molar-refractivity contribution in [1.82, 2.24) is 0 Å². The van der Waals surface area contributed by atoms with Crippen molar-refractivity contribution in [3.05, 3.63) is 55.6 Å². The third-order valence-electron chi connectivity index (χ3n) is 4.29. The second kappa shape index (κ2) is 12.3. The van der Waals surface area contributed by atoms with Crippen molar-refractivity contribution in [2.24, 2.45) is 0 Å². The van der Waals surface area contributed by atoms with Crippen LogP contribution in [0.2, 0.25) is 0 Å². The van der Waals surface area contributed by atoms with E-state index in [2.05, 4.69) is 13.2 Å². The van der Waals surface area contributed by atoms with Crippen LogP contribution in [0.3, 0.4) is 0 Å². The molecule has 0 aliphatic rings. The Morgan fingerprint density at radius 2 is 1.44 bits per heavy atom. The maximum absolute atomic E-state index is 11.4. The molecule has 172 valence electrons. The maximum atomic E-state index is 11.4. The first kappa shape index (κ1) is 24.7. The average molecular weight is 446 g/mol. The lowest BCUT2D eigenvalue weighted by molar-refractivity contribution is -0.147. The number of methoxy groups -OCH3 is 1. The van der Waals surface area contributed by atoms with E-state index in [0.717, 1.165) is 12.2 Å². The van der Waals surface area contributed by atoms with E-state index in [-0.39, 0.29) is 13.2 Å². The van der Waals surface area contributed by atoms with Crippen LogP contribution in [0.1, 0.15) is 0 Å². The summed E-state index contributed by atoms with van der Waals surface area (Å²) in [6.07, 6.45) is 0.214. The zero-order valence-corrected chi connectivity index (χ0v) is 17.7. The van der Waals surface area contributed by atoms with E-state index in [9.17, 15) is 19.8 Å². The Bertz CT molecular complexity index is 954. The SMILES string of the molecule is C=CC(=O)OC(CO)COc1cc(OC)c(OCC(CO)OC(=O)C=C)c2ccccc12. The van der Waals surface area contributed by atoms with Crippen LogP contribution in [-0.4, -0.2) is 67.9 Å². The first-order valence-corrected chi connectivity index (χ1v) is 9.70. The van der Waals surface area contributed by atoms with Gasteiger partial charge in [-0.25, -0.2) is 9.59 Å². The van der Waals surface area contributed by atoms with Crippen LogP contribution in [0.4, 0.5) is 0 Å². The minimum Gasteiger partial charge on any atom is -0.493 e. The van der Waals surface area contributed by atoms with E-state index in [1.807, 2.05) is 0 Å². The van der Waals surface area contributed by atoms with Crippen LogP contribution >= 0.6 is 0 Å². The summed E-state index contributed by atoms with van der Waals surface area (Å²) in [6.45, 7) is 5.55.